The SMILES string of the molecule is COc1cc2ncnc(Nc3ccc(F)c(Cl)c3)c2cc1OCCCCCOCCOCCC(=O)N[C@H](C(=O)N1C[C@H](OC(=O)CCSSCCC(=O)O)C[C@H]1C(=O)NCc1ccc(-c2scnc2C)cc1)C(C)(C)C. The molecule has 2 aromatic heterocycles. The van der Waals surface area contributed by atoms with Gasteiger partial charge in [-0.15, -0.1) is 11.3 Å². The number of nitrogens with one attached hydrogen (secondary N) is 3. The lowest BCUT2D eigenvalue weighted by atomic mass is 9.85. The van der Waals surface area contributed by atoms with Crippen LogP contribution in [0.15, 0.2) is 66.4 Å². The number of rotatable bonds is 30. The lowest BCUT2D eigenvalue weighted by Crippen LogP contribution is -2.57. The van der Waals surface area contributed by atoms with Crippen LogP contribution in [0.25, 0.3) is 21.3 Å². The molecular formula is C53H65ClFN7O11S3. The zero-order valence-corrected chi connectivity index (χ0v) is 46.4. The van der Waals surface area contributed by atoms with Gasteiger partial charge >= 0.3 is 11.9 Å². The molecule has 76 heavy (non-hydrogen) atoms. The molecule has 3 amide bonds. The van der Waals surface area contributed by atoms with E-state index < -0.39 is 59.1 Å². The highest BCUT2D eigenvalue weighted by Crippen LogP contribution is 2.36. The standard InChI is InChI=1S/C53H65ClFN7O11S3/c1-33-48(74-32-59-33)35-11-9-34(10-12-35)29-56-51(67)42-26-37(73-47(66)17-24-76-75-23-16-46(64)65)30-62(42)52(68)49(53(2,3)4)61-45(63)15-20-71-22-21-70-18-7-6-8-19-72-44-27-38-41(28-43(44)69-5)57-31-58-50(38)60-36-13-14-40(55)39(54)25-36/h9-14,25,27-28,31-32,37,42,49H,6-8,15-24,26,29-30H2,1-5H3,(H,56,67)(H,61,63)(H,64,65)(H,57,58,60)/t37-,42+,49-/m1/s1. The van der Waals surface area contributed by atoms with Crippen molar-refractivity contribution in [3.05, 3.63) is 88.5 Å². The van der Waals surface area contributed by atoms with Gasteiger partial charge in [-0.3, -0.25) is 24.0 Å². The highest BCUT2D eigenvalue weighted by Gasteiger charge is 2.46. The van der Waals surface area contributed by atoms with E-state index in [0.29, 0.717) is 65.2 Å². The maximum Gasteiger partial charge on any atom is 0.306 e. The first-order chi connectivity index (χ1) is 36.5. The number of aryl methyl sites for hydroxylation is 1. The average Bonchev–Trinajstić information content (AvgIpc) is 4.04. The highest BCUT2D eigenvalue weighted by atomic mass is 35.5. The van der Waals surface area contributed by atoms with Crippen molar-refractivity contribution in [1.29, 1.82) is 0 Å². The quantitative estimate of drug-likeness (QED) is 0.0191. The Morgan fingerprint density at radius 3 is 2.33 bits per heavy atom. The van der Waals surface area contributed by atoms with E-state index in [1.807, 2.05) is 52.0 Å². The number of aliphatic carboxylic acids is 1. The largest absolute Gasteiger partial charge is 0.493 e. The number of aromatic nitrogens is 3. The Hall–Kier alpha value is -5.78. The first kappa shape index (κ1) is 59.5. The molecule has 1 aliphatic rings. The molecule has 0 aliphatic carbocycles. The summed E-state index contributed by atoms with van der Waals surface area (Å²) in [5.74, 6) is -0.865. The number of thiazole rings is 1. The van der Waals surface area contributed by atoms with E-state index in [0.717, 1.165) is 41.0 Å². The first-order valence-electron chi connectivity index (χ1n) is 24.9. The van der Waals surface area contributed by atoms with Gasteiger partial charge in [0.15, 0.2) is 11.5 Å². The Morgan fingerprint density at radius 1 is 0.895 bits per heavy atom. The number of esters is 1. The van der Waals surface area contributed by atoms with Crippen LogP contribution in [0.4, 0.5) is 15.9 Å². The van der Waals surface area contributed by atoms with Crippen molar-refractivity contribution in [2.45, 2.75) is 97.4 Å². The minimum Gasteiger partial charge on any atom is -0.493 e. The number of fused-ring (bicyclic) bond motifs is 1. The molecule has 4 N–H and O–H groups in total. The van der Waals surface area contributed by atoms with Crippen molar-refractivity contribution >= 4 is 96.6 Å². The second-order valence-electron chi connectivity index (χ2n) is 18.8. The van der Waals surface area contributed by atoms with Crippen LogP contribution < -0.4 is 25.4 Å². The number of methoxy groups -OCH3 is 1. The topological polar surface area (TPSA) is 230 Å². The van der Waals surface area contributed by atoms with Crippen molar-refractivity contribution < 1.29 is 57.2 Å². The third kappa shape index (κ3) is 18.2. The summed E-state index contributed by atoms with van der Waals surface area (Å²) in [4.78, 5) is 81.0. The molecule has 0 saturated carbocycles. The van der Waals surface area contributed by atoms with E-state index in [1.54, 1.807) is 42.2 Å². The molecule has 0 unspecified atom stereocenters. The summed E-state index contributed by atoms with van der Waals surface area (Å²) in [6.45, 7) is 9.18. The molecule has 410 valence electrons. The van der Waals surface area contributed by atoms with Gasteiger partial charge in [0.1, 0.15) is 36.2 Å². The molecule has 0 radical (unpaired) electrons. The molecule has 6 rings (SSSR count). The summed E-state index contributed by atoms with van der Waals surface area (Å²) in [5.41, 5.74) is 5.02. The van der Waals surface area contributed by atoms with Gasteiger partial charge in [-0.05, 0) is 67.0 Å². The number of carboxylic acid groups (broad SMARTS) is 1. The summed E-state index contributed by atoms with van der Waals surface area (Å²) in [7, 11) is 4.29. The number of nitrogens with zero attached hydrogens (tertiary/aromatic N) is 4. The number of likely N-dealkylation sites (tertiary alicyclic amines) is 1. The van der Waals surface area contributed by atoms with Gasteiger partial charge in [0.05, 0.1) is 79.5 Å². The summed E-state index contributed by atoms with van der Waals surface area (Å²) in [5, 5.41) is 18.6. The summed E-state index contributed by atoms with van der Waals surface area (Å²) >= 11 is 7.52. The number of benzene rings is 3. The van der Waals surface area contributed by atoms with E-state index in [-0.39, 0.29) is 57.0 Å². The molecule has 0 spiro atoms. The molecule has 1 aliphatic heterocycles. The molecule has 1 fully saturated rings. The Kier molecular flexibility index (Phi) is 23.2. The van der Waals surface area contributed by atoms with Crippen molar-refractivity contribution in [3.8, 4) is 21.9 Å². The van der Waals surface area contributed by atoms with E-state index in [9.17, 15) is 28.4 Å². The Morgan fingerprint density at radius 2 is 1.63 bits per heavy atom. The fraction of sp³-hybridized carbons (Fsp3) is 0.472. The zero-order chi connectivity index (χ0) is 54.6. The summed E-state index contributed by atoms with van der Waals surface area (Å²) < 4.78 is 42.6. The molecule has 5 aromatic rings. The normalized spacial score (nSPS) is 14.8. The third-order valence-corrected chi connectivity index (χ3v) is 15.7. The minimum atomic E-state index is -1.02. The van der Waals surface area contributed by atoms with Crippen LogP contribution in [0.1, 0.15) is 77.0 Å². The van der Waals surface area contributed by atoms with Gasteiger partial charge in [0, 0.05) is 54.6 Å². The number of ether oxygens (including phenoxy) is 5. The number of halogens is 2. The van der Waals surface area contributed by atoms with Crippen molar-refractivity contribution in [1.82, 2.24) is 30.5 Å². The second-order valence-corrected chi connectivity index (χ2v) is 22.8. The Balaban J connectivity index is 0.923. The van der Waals surface area contributed by atoms with Crippen LogP contribution in [-0.4, -0.2) is 131 Å². The third-order valence-electron chi connectivity index (χ3n) is 12.0. The number of hydrogen-bond donors (Lipinski definition) is 4. The fourth-order valence-corrected chi connectivity index (χ4v) is 10.9. The van der Waals surface area contributed by atoms with Crippen molar-refractivity contribution in [2.24, 2.45) is 5.41 Å². The molecule has 3 atom stereocenters. The molecule has 0 bridgehead atoms. The summed E-state index contributed by atoms with van der Waals surface area (Å²) in [6.07, 6.45) is 3.15. The molecule has 1 saturated heterocycles. The number of amides is 3. The monoisotopic (exact) mass is 1130 g/mol. The zero-order valence-electron chi connectivity index (χ0n) is 43.2. The fourth-order valence-electron chi connectivity index (χ4n) is 8.00. The maximum atomic E-state index is 14.5. The van der Waals surface area contributed by atoms with E-state index >= 15 is 0 Å². The molecule has 3 aromatic carbocycles. The highest BCUT2D eigenvalue weighted by molar-refractivity contribution is 8.76. The predicted molar refractivity (Wildman–Crippen MR) is 294 cm³/mol. The molecule has 23 heteroatoms. The predicted octanol–water partition coefficient (Wildman–Crippen LogP) is 9.19. The average molecular weight is 1130 g/mol. The first-order valence-corrected chi connectivity index (χ1v) is 28.6. The van der Waals surface area contributed by atoms with Gasteiger partial charge in [-0.2, -0.15) is 0 Å². The van der Waals surface area contributed by atoms with Crippen LogP contribution >= 0.6 is 44.5 Å². The van der Waals surface area contributed by atoms with Crippen LogP contribution in [0, 0.1) is 18.2 Å². The number of anilines is 2. The Bertz CT molecular complexity index is 2750. The second kappa shape index (κ2) is 29.7. The van der Waals surface area contributed by atoms with E-state index in [1.165, 1.54) is 44.9 Å². The van der Waals surface area contributed by atoms with Crippen molar-refractivity contribution in [3.63, 3.8) is 0 Å². The Labute approximate surface area is 458 Å². The molecule has 18 nitrogen and oxygen atoms in total. The number of carbonyl (C=O) groups excluding carboxylic acids is 4. The number of hydrogen-bond acceptors (Lipinski definition) is 17. The number of carboxylic acids is 1. The molecule has 3 heterocycles. The number of unbranched alkanes of at least 4 members (excludes halogenated alkanes) is 2. The van der Waals surface area contributed by atoms with Crippen LogP contribution in [0.5, 0.6) is 11.5 Å². The smallest absolute Gasteiger partial charge is 0.306 e. The van der Waals surface area contributed by atoms with Gasteiger partial charge in [-0.1, -0.05) is 78.2 Å². The lowest BCUT2D eigenvalue weighted by molar-refractivity contribution is -0.149. The van der Waals surface area contributed by atoms with E-state index in [2.05, 4.69) is 30.9 Å². The van der Waals surface area contributed by atoms with E-state index in [4.69, 9.17) is 40.4 Å². The maximum absolute atomic E-state index is 14.5. The number of carbonyl (C=O) groups is 5. The van der Waals surface area contributed by atoms with Gasteiger partial charge in [-0.25, -0.2) is 19.3 Å². The van der Waals surface area contributed by atoms with Crippen LogP contribution in [-0.2, 0) is 44.7 Å². The summed E-state index contributed by atoms with van der Waals surface area (Å²) in [6, 6.07) is 13.7. The minimum absolute atomic E-state index is 0.0138. The van der Waals surface area contributed by atoms with Gasteiger partial charge in [0.25, 0.3) is 0 Å². The van der Waals surface area contributed by atoms with Crippen LogP contribution in [0.3, 0.4) is 0 Å². The van der Waals surface area contributed by atoms with Gasteiger partial charge < -0.3 is 49.6 Å². The van der Waals surface area contributed by atoms with Crippen LogP contribution in [0.2, 0.25) is 5.02 Å². The van der Waals surface area contributed by atoms with Crippen molar-refractivity contribution in [2.75, 3.05) is 63.5 Å². The van der Waals surface area contributed by atoms with Gasteiger partial charge in [0.2, 0.25) is 17.7 Å². The molecular weight excluding hydrogens is 1060 g/mol. The lowest BCUT2D eigenvalue weighted by Gasteiger charge is -2.35.